The molecule has 1 N–H and O–H groups in total. The molecule has 0 radical (unpaired) electrons. The van der Waals surface area contributed by atoms with Gasteiger partial charge in [-0.25, -0.2) is 23.1 Å². The molecule has 0 aliphatic carbocycles. The highest BCUT2D eigenvalue weighted by Crippen LogP contribution is 2.09. The minimum Gasteiger partial charge on any atom is -0.363 e. The van der Waals surface area contributed by atoms with Gasteiger partial charge in [-0.1, -0.05) is 29.8 Å². The van der Waals surface area contributed by atoms with E-state index in [9.17, 15) is 8.42 Å². The first-order valence-corrected chi connectivity index (χ1v) is 8.53. The van der Waals surface area contributed by atoms with Crippen molar-refractivity contribution in [3.05, 3.63) is 53.5 Å². The van der Waals surface area contributed by atoms with Gasteiger partial charge < -0.3 is 4.90 Å². The number of aromatic nitrogens is 2. The molecule has 0 spiro atoms. The maximum absolute atomic E-state index is 12.1. The Morgan fingerprint density at radius 3 is 2.68 bits per heavy atom. The predicted octanol–water partition coefficient (Wildman–Crippen LogP) is 1.47. The van der Waals surface area contributed by atoms with Gasteiger partial charge in [0.15, 0.2) is 0 Å². The number of benzene rings is 1. The molecule has 118 valence electrons. The largest absolute Gasteiger partial charge is 0.363 e. The summed E-state index contributed by atoms with van der Waals surface area (Å²) in [6.45, 7) is 2.01. The van der Waals surface area contributed by atoms with Gasteiger partial charge in [-0.2, -0.15) is 0 Å². The lowest BCUT2D eigenvalue weighted by atomic mass is 10.2. The molecule has 7 heteroatoms. The Morgan fingerprint density at radius 1 is 1.23 bits per heavy atom. The highest BCUT2D eigenvalue weighted by atomic mass is 32.2. The number of sulfonamides is 1. The second-order valence-corrected chi connectivity index (χ2v) is 7.10. The fraction of sp³-hybridized carbons (Fsp3) is 0.333. The number of nitrogens with one attached hydrogen (secondary N) is 1. The Labute approximate surface area is 131 Å². The lowest BCUT2D eigenvalue weighted by molar-refractivity contribution is 0.578. The number of anilines is 1. The summed E-state index contributed by atoms with van der Waals surface area (Å²) in [6.07, 6.45) is 1.62. The third-order valence-electron chi connectivity index (χ3n) is 3.04. The molecule has 6 nitrogen and oxygen atoms in total. The quantitative estimate of drug-likeness (QED) is 0.872. The topological polar surface area (TPSA) is 75.2 Å². The van der Waals surface area contributed by atoms with E-state index < -0.39 is 10.0 Å². The Balaban J connectivity index is 2.02. The van der Waals surface area contributed by atoms with Crippen LogP contribution in [0.2, 0.25) is 0 Å². The second-order valence-electron chi connectivity index (χ2n) is 5.29. The van der Waals surface area contributed by atoms with E-state index in [2.05, 4.69) is 14.7 Å². The van der Waals surface area contributed by atoms with E-state index in [4.69, 9.17) is 0 Å². The van der Waals surface area contributed by atoms with E-state index in [1.54, 1.807) is 18.3 Å². The van der Waals surface area contributed by atoms with Crippen LogP contribution in [0.3, 0.4) is 0 Å². The first kappa shape index (κ1) is 16.4. The van der Waals surface area contributed by atoms with E-state index >= 15 is 0 Å². The summed E-state index contributed by atoms with van der Waals surface area (Å²) in [5.74, 6) is 1.13. The highest BCUT2D eigenvalue weighted by Gasteiger charge is 2.12. The number of aryl methyl sites for hydroxylation is 1. The zero-order valence-electron chi connectivity index (χ0n) is 12.9. The average molecular weight is 320 g/mol. The molecule has 0 bridgehead atoms. The molecule has 2 rings (SSSR count). The lowest BCUT2D eigenvalue weighted by Crippen LogP contribution is -2.26. The smallest absolute Gasteiger partial charge is 0.216 e. The number of rotatable bonds is 6. The summed E-state index contributed by atoms with van der Waals surface area (Å²) in [7, 11) is 0.312. The molecule has 0 atom stereocenters. The van der Waals surface area contributed by atoms with Crippen molar-refractivity contribution in [3.63, 3.8) is 0 Å². The van der Waals surface area contributed by atoms with Gasteiger partial charge in [0.2, 0.25) is 10.0 Å². The van der Waals surface area contributed by atoms with Gasteiger partial charge in [0, 0.05) is 20.3 Å². The molecule has 0 saturated heterocycles. The van der Waals surface area contributed by atoms with Gasteiger partial charge >= 0.3 is 0 Å². The summed E-state index contributed by atoms with van der Waals surface area (Å²) < 4.78 is 26.8. The fourth-order valence-corrected chi connectivity index (χ4v) is 3.04. The van der Waals surface area contributed by atoms with Crippen LogP contribution >= 0.6 is 0 Å². The van der Waals surface area contributed by atoms with Crippen LogP contribution in [0.15, 0.2) is 36.5 Å². The van der Waals surface area contributed by atoms with Crippen LogP contribution in [0.5, 0.6) is 0 Å². The maximum Gasteiger partial charge on any atom is 0.216 e. The minimum absolute atomic E-state index is 0.0535. The molecule has 1 aromatic heterocycles. The molecule has 0 unspecified atom stereocenters. The van der Waals surface area contributed by atoms with Crippen molar-refractivity contribution < 1.29 is 8.42 Å². The van der Waals surface area contributed by atoms with Gasteiger partial charge in [-0.05, 0) is 18.6 Å². The molecule has 0 fully saturated rings. The van der Waals surface area contributed by atoms with E-state index in [1.165, 1.54) is 0 Å². The Bertz CT molecular complexity index is 745. The van der Waals surface area contributed by atoms with E-state index in [0.29, 0.717) is 5.82 Å². The molecular formula is C15H20N4O2S. The zero-order valence-corrected chi connectivity index (χ0v) is 13.8. The molecule has 22 heavy (non-hydrogen) atoms. The SMILES string of the molecule is Cc1cccc(CS(=O)(=O)NCc2nccc(N(C)C)n2)c1. The number of nitrogens with zero attached hydrogens (tertiary/aromatic N) is 3. The van der Waals surface area contributed by atoms with Gasteiger partial charge in [0.1, 0.15) is 11.6 Å². The zero-order chi connectivity index (χ0) is 16.2. The van der Waals surface area contributed by atoms with Crippen LogP contribution in [-0.4, -0.2) is 32.5 Å². The summed E-state index contributed by atoms with van der Waals surface area (Å²) in [5.41, 5.74) is 1.80. The summed E-state index contributed by atoms with van der Waals surface area (Å²) in [6, 6.07) is 9.22. The van der Waals surface area contributed by atoms with Crippen LogP contribution in [0.1, 0.15) is 17.0 Å². The van der Waals surface area contributed by atoms with Crippen LogP contribution < -0.4 is 9.62 Å². The van der Waals surface area contributed by atoms with Crippen molar-refractivity contribution in [2.45, 2.75) is 19.2 Å². The van der Waals surface area contributed by atoms with E-state index in [-0.39, 0.29) is 12.3 Å². The van der Waals surface area contributed by atoms with Crippen LogP contribution in [-0.2, 0) is 22.3 Å². The first-order valence-electron chi connectivity index (χ1n) is 6.88. The first-order chi connectivity index (χ1) is 10.4. The summed E-state index contributed by atoms with van der Waals surface area (Å²) in [4.78, 5) is 10.2. The van der Waals surface area contributed by atoms with E-state index in [0.717, 1.165) is 16.9 Å². The normalized spacial score (nSPS) is 11.4. The van der Waals surface area contributed by atoms with Crippen LogP contribution in [0.4, 0.5) is 5.82 Å². The molecule has 0 aliphatic heterocycles. The minimum atomic E-state index is -3.43. The highest BCUT2D eigenvalue weighted by molar-refractivity contribution is 7.88. The van der Waals surface area contributed by atoms with Crippen molar-refractivity contribution in [2.24, 2.45) is 0 Å². The third-order valence-corrected chi connectivity index (χ3v) is 4.34. The van der Waals surface area contributed by atoms with Gasteiger partial charge in [-0.15, -0.1) is 0 Å². The molecule has 1 heterocycles. The molecular weight excluding hydrogens is 300 g/mol. The number of hydrogen-bond acceptors (Lipinski definition) is 5. The third kappa shape index (κ3) is 4.78. The summed E-state index contributed by atoms with van der Waals surface area (Å²) in [5, 5.41) is 0. The van der Waals surface area contributed by atoms with E-state index in [1.807, 2.05) is 44.1 Å². The Morgan fingerprint density at radius 2 is 2.00 bits per heavy atom. The standard InChI is InChI=1S/C15H20N4O2S/c1-12-5-4-6-13(9-12)11-22(20,21)17-10-14-16-8-7-15(18-14)19(2)3/h4-9,17H,10-11H2,1-3H3. The lowest BCUT2D eigenvalue weighted by Gasteiger charge is -2.12. The summed E-state index contributed by atoms with van der Waals surface area (Å²) >= 11 is 0. The molecule has 0 saturated carbocycles. The Hall–Kier alpha value is -1.99. The molecule has 0 amide bonds. The van der Waals surface area contributed by atoms with Crippen molar-refractivity contribution >= 4 is 15.8 Å². The molecule has 2 aromatic rings. The van der Waals surface area contributed by atoms with Gasteiger partial charge in [-0.3, -0.25) is 0 Å². The fourth-order valence-electron chi connectivity index (χ4n) is 1.97. The van der Waals surface area contributed by atoms with Crippen molar-refractivity contribution in [3.8, 4) is 0 Å². The van der Waals surface area contributed by atoms with Crippen LogP contribution in [0, 0.1) is 6.92 Å². The van der Waals surface area contributed by atoms with Crippen molar-refractivity contribution in [2.75, 3.05) is 19.0 Å². The Kier molecular flexibility index (Phi) is 5.10. The maximum atomic E-state index is 12.1. The predicted molar refractivity (Wildman–Crippen MR) is 87.0 cm³/mol. The van der Waals surface area contributed by atoms with Crippen molar-refractivity contribution in [1.29, 1.82) is 0 Å². The van der Waals surface area contributed by atoms with Gasteiger partial charge in [0.05, 0.1) is 12.3 Å². The monoisotopic (exact) mass is 320 g/mol. The van der Waals surface area contributed by atoms with Crippen LogP contribution in [0.25, 0.3) is 0 Å². The van der Waals surface area contributed by atoms with Crippen molar-refractivity contribution in [1.82, 2.24) is 14.7 Å². The second kappa shape index (κ2) is 6.85. The molecule has 0 aliphatic rings. The average Bonchev–Trinajstić information content (AvgIpc) is 2.45. The number of hydrogen-bond donors (Lipinski definition) is 1. The molecule has 1 aromatic carbocycles. The van der Waals surface area contributed by atoms with Gasteiger partial charge in [0.25, 0.3) is 0 Å².